The third-order valence-corrected chi connectivity index (χ3v) is 3.99. The molecule has 0 radical (unpaired) electrons. The van der Waals surface area contributed by atoms with E-state index >= 15 is 0 Å². The predicted octanol–water partition coefficient (Wildman–Crippen LogP) is 2.55. The fourth-order valence-corrected chi connectivity index (χ4v) is 2.62. The molecule has 2 N–H and O–H groups in total. The number of ether oxygens (including phenoxy) is 2. The summed E-state index contributed by atoms with van der Waals surface area (Å²) in [4.78, 5) is 5.51. The van der Waals surface area contributed by atoms with Crippen LogP contribution in [0, 0.1) is 6.92 Å². The zero-order valence-corrected chi connectivity index (χ0v) is 12.5. The number of thiazole rings is 1. The molecule has 0 aliphatic rings. The quantitative estimate of drug-likeness (QED) is 0.760. The lowest BCUT2D eigenvalue weighted by atomic mass is 10.2. The third-order valence-electron chi connectivity index (χ3n) is 3.00. The summed E-state index contributed by atoms with van der Waals surface area (Å²) < 4.78 is 11.3. The van der Waals surface area contributed by atoms with E-state index in [4.69, 9.17) is 15.2 Å². The zero-order valence-electron chi connectivity index (χ0n) is 11.7. The van der Waals surface area contributed by atoms with E-state index in [0.717, 1.165) is 23.4 Å². The number of aryl methyl sites for hydroxylation is 1. The van der Waals surface area contributed by atoms with Gasteiger partial charge in [0.25, 0.3) is 0 Å². The van der Waals surface area contributed by atoms with Crippen molar-refractivity contribution in [3.05, 3.63) is 45.9 Å². The van der Waals surface area contributed by atoms with Crippen LogP contribution in [0.4, 0.5) is 0 Å². The van der Waals surface area contributed by atoms with Crippen LogP contribution in [-0.4, -0.2) is 24.8 Å². The Morgan fingerprint density at radius 3 is 2.80 bits per heavy atom. The van der Waals surface area contributed by atoms with Gasteiger partial charge in [-0.25, -0.2) is 4.98 Å². The van der Waals surface area contributed by atoms with Crippen LogP contribution in [0.5, 0.6) is 5.75 Å². The van der Waals surface area contributed by atoms with Crippen LogP contribution in [0.1, 0.15) is 16.1 Å². The van der Waals surface area contributed by atoms with E-state index in [9.17, 15) is 0 Å². The Morgan fingerprint density at radius 1 is 1.20 bits per heavy atom. The molecule has 0 amide bonds. The van der Waals surface area contributed by atoms with Crippen LogP contribution < -0.4 is 10.5 Å². The summed E-state index contributed by atoms with van der Waals surface area (Å²) in [5.74, 6) is 0.844. The van der Waals surface area contributed by atoms with Gasteiger partial charge in [-0.2, -0.15) is 0 Å². The minimum atomic E-state index is 0.488. The molecule has 0 bridgehead atoms. The summed E-state index contributed by atoms with van der Waals surface area (Å²) in [5, 5.41) is 0. The van der Waals surface area contributed by atoms with E-state index in [1.54, 1.807) is 11.3 Å². The number of nitrogens with two attached hydrogens (primary N) is 1. The van der Waals surface area contributed by atoms with Gasteiger partial charge >= 0.3 is 0 Å². The molecule has 0 atom stereocenters. The second-order valence-electron chi connectivity index (χ2n) is 4.38. The Bertz CT molecular complexity index is 528. The highest BCUT2D eigenvalue weighted by molar-refractivity contribution is 7.09. The van der Waals surface area contributed by atoms with E-state index in [0.29, 0.717) is 26.4 Å². The van der Waals surface area contributed by atoms with Gasteiger partial charge in [-0.15, -0.1) is 11.3 Å². The molecule has 0 saturated heterocycles. The molecule has 2 rings (SSSR count). The van der Waals surface area contributed by atoms with Gasteiger partial charge in [0.05, 0.1) is 24.4 Å². The number of aromatic nitrogens is 1. The van der Waals surface area contributed by atoms with Crippen molar-refractivity contribution in [3.63, 3.8) is 0 Å². The molecule has 0 aliphatic heterocycles. The summed E-state index contributed by atoms with van der Waals surface area (Å²) >= 11 is 1.68. The van der Waals surface area contributed by atoms with Gasteiger partial charge in [0.15, 0.2) is 0 Å². The topological polar surface area (TPSA) is 57.4 Å². The monoisotopic (exact) mass is 292 g/mol. The second kappa shape index (κ2) is 7.99. The molecule has 0 fully saturated rings. The van der Waals surface area contributed by atoms with Crippen molar-refractivity contribution in [2.75, 3.05) is 19.8 Å². The number of nitrogens with zero attached hydrogens (tertiary/aromatic N) is 1. The first-order valence-corrected chi connectivity index (χ1v) is 7.56. The SMILES string of the molecule is Cc1ncsc1CCOCCOc1ccccc1CN. The van der Waals surface area contributed by atoms with E-state index in [2.05, 4.69) is 4.98 Å². The van der Waals surface area contributed by atoms with Crippen molar-refractivity contribution in [3.8, 4) is 5.75 Å². The molecule has 5 heteroatoms. The van der Waals surface area contributed by atoms with Crippen LogP contribution in [0.15, 0.2) is 29.8 Å². The highest BCUT2D eigenvalue weighted by Gasteiger charge is 2.02. The fourth-order valence-electron chi connectivity index (χ4n) is 1.86. The minimum Gasteiger partial charge on any atom is -0.491 e. The lowest BCUT2D eigenvalue weighted by Crippen LogP contribution is -2.10. The summed E-state index contributed by atoms with van der Waals surface area (Å²) in [5.41, 5.74) is 9.65. The average Bonchev–Trinajstić information content (AvgIpc) is 2.88. The molecule has 0 saturated carbocycles. The van der Waals surface area contributed by atoms with Gasteiger partial charge in [-0.1, -0.05) is 18.2 Å². The van der Waals surface area contributed by atoms with Crippen molar-refractivity contribution < 1.29 is 9.47 Å². The lowest BCUT2D eigenvalue weighted by Gasteiger charge is -2.10. The van der Waals surface area contributed by atoms with Crippen LogP contribution >= 0.6 is 11.3 Å². The summed E-state index contributed by atoms with van der Waals surface area (Å²) in [6, 6.07) is 7.82. The number of rotatable bonds is 8. The summed E-state index contributed by atoms with van der Waals surface area (Å²) in [6.07, 6.45) is 0.913. The predicted molar refractivity (Wildman–Crippen MR) is 81.2 cm³/mol. The molecule has 2 aromatic rings. The van der Waals surface area contributed by atoms with Gasteiger partial charge < -0.3 is 15.2 Å². The van der Waals surface area contributed by atoms with Crippen molar-refractivity contribution in [2.24, 2.45) is 5.73 Å². The number of benzene rings is 1. The Morgan fingerprint density at radius 2 is 2.05 bits per heavy atom. The third kappa shape index (κ3) is 4.30. The van der Waals surface area contributed by atoms with Crippen molar-refractivity contribution in [1.82, 2.24) is 4.98 Å². The van der Waals surface area contributed by atoms with E-state index < -0.39 is 0 Å². The highest BCUT2D eigenvalue weighted by atomic mass is 32.1. The lowest BCUT2D eigenvalue weighted by molar-refractivity contribution is 0.102. The first-order chi connectivity index (χ1) is 9.81. The standard InChI is InChI=1S/C15H20N2O2S/c1-12-15(20-11-17-12)6-7-18-8-9-19-14-5-3-2-4-13(14)10-16/h2-5,11H,6-10,16H2,1H3. The average molecular weight is 292 g/mol. The highest BCUT2D eigenvalue weighted by Crippen LogP contribution is 2.17. The number of hydrogen-bond acceptors (Lipinski definition) is 5. The van der Waals surface area contributed by atoms with E-state index in [-0.39, 0.29) is 0 Å². The summed E-state index contributed by atoms with van der Waals surface area (Å²) in [7, 11) is 0. The number of hydrogen-bond donors (Lipinski definition) is 1. The van der Waals surface area contributed by atoms with Crippen molar-refractivity contribution in [1.29, 1.82) is 0 Å². The normalized spacial score (nSPS) is 10.7. The van der Waals surface area contributed by atoms with Gasteiger partial charge in [-0.3, -0.25) is 0 Å². The first kappa shape index (κ1) is 15.0. The molecule has 1 aromatic heterocycles. The largest absolute Gasteiger partial charge is 0.491 e. The maximum Gasteiger partial charge on any atom is 0.123 e. The molecular weight excluding hydrogens is 272 g/mol. The van der Waals surface area contributed by atoms with E-state index in [1.165, 1.54) is 4.88 Å². The smallest absolute Gasteiger partial charge is 0.123 e. The summed E-state index contributed by atoms with van der Waals surface area (Å²) in [6.45, 7) is 4.33. The Balaban J connectivity index is 1.63. The Hall–Kier alpha value is -1.43. The Kier molecular flexibility index (Phi) is 5.98. The molecule has 1 aromatic carbocycles. The first-order valence-electron chi connectivity index (χ1n) is 6.68. The molecule has 4 nitrogen and oxygen atoms in total. The van der Waals surface area contributed by atoms with Crippen LogP contribution in [0.3, 0.4) is 0 Å². The molecular formula is C15H20N2O2S. The van der Waals surface area contributed by atoms with E-state index in [1.807, 2.05) is 36.7 Å². The maximum absolute atomic E-state index is 5.67. The molecule has 20 heavy (non-hydrogen) atoms. The van der Waals surface area contributed by atoms with Gasteiger partial charge in [-0.05, 0) is 13.0 Å². The minimum absolute atomic E-state index is 0.488. The molecule has 0 spiro atoms. The molecule has 0 unspecified atom stereocenters. The fraction of sp³-hybridized carbons (Fsp3) is 0.400. The van der Waals surface area contributed by atoms with Gasteiger partial charge in [0.2, 0.25) is 0 Å². The van der Waals surface area contributed by atoms with Crippen molar-refractivity contribution in [2.45, 2.75) is 19.9 Å². The molecule has 108 valence electrons. The van der Waals surface area contributed by atoms with Crippen LogP contribution in [0.25, 0.3) is 0 Å². The zero-order chi connectivity index (χ0) is 14.2. The van der Waals surface area contributed by atoms with Gasteiger partial charge in [0, 0.05) is 23.4 Å². The van der Waals surface area contributed by atoms with Crippen LogP contribution in [0.2, 0.25) is 0 Å². The molecule has 0 aliphatic carbocycles. The number of para-hydroxylation sites is 1. The maximum atomic E-state index is 5.67. The Labute approximate surface area is 123 Å². The molecule has 1 heterocycles. The van der Waals surface area contributed by atoms with Gasteiger partial charge in [0.1, 0.15) is 12.4 Å². The van der Waals surface area contributed by atoms with Crippen molar-refractivity contribution >= 4 is 11.3 Å². The van der Waals surface area contributed by atoms with Crippen LogP contribution in [-0.2, 0) is 17.7 Å². The second-order valence-corrected chi connectivity index (χ2v) is 5.32.